The minimum atomic E-state index is -4.43. The van der Waals surface area contributed by atoms with Crippen molar-refractivity contribution in [3.8, 4) is 0 Å². The molecule has 0 amide bonds. The van der Waals surface area contributed by atoms with E-state index in [9.17, 15) is 13.2 Å². The summed E-state index contributed by atoms with van der Waals surface area (Å²) in [7, 11) is 1.55. The van der Waals surface area contributed by atoms with Crippen molar-refractivity contribution in [2.24, 2.45) is 0 Å². The molecule has 2 aromatic rings. The van der Waals surface area contributed by atoms with E-state index < -0.39 is 11.9 Å². The molecule has 0 aliphatic carbocycles. The summed E-state index contributed by atoms with van der Waals surface area (Å²) in [5, 5.41) is 3.80. The topological polar surface area (TPSA) is 67.5 Å². The molecule has 3 heterocycles. The maximum absolute atomic E-state index is 12.8. The third-order valence-electron chi connectivity index (χ3n) is 3.86. The Labute approximate surface area is 142 Å². The van der Waals surface area contributed by atoms with Crippen molar-refractivity contribution in [2.75, 3.05) is 38.2 Å². The molecule has 1 fully saturated rings. The van der Waals surface area contributed by atoms with Crippen molar-refractivity contribution in [3.05, 3.63) is 35.6 Å². The first kappa shape index (κ1) is 17.6. The van der Waals surface area contributed by atoms with E-state index in [1.165, 1.54) is 6.07 Å². The van der Waals surface area contributed by atoms with Gasteiger partial charge in [0.1, 0.15) is 18.1 Å². The number of methoxy groups -OCH3 is 1. The van der Waals surface area contributed by atoms with Gasteiger partial charge in [-0.2, -0.15) is 18.2 Å². The average molecular weight is 357 g/mol. The van der Waals surface area contributed by atoms with Gasteiger partial charge < -0.3 is 14.2 Å². The van der Waals surface area contributed by atoms with Crippen LogP contribution in [0.1, 0.15) is 17.4 Å². The Balaban J connectivity index is 1.56. The van der Waals surface area contributed by atoms with E-state index in [1.54, 1.807) is 13.2 Å². The van der Waals surface area contributed by atoms with Crippen LogP contribution in [0.4, 0.5) is 19.0 Å². The molecular weight excluding hydrogens is 339 g/mol. The molecule has 0 bridgehead atoms. The lowest BCUT2D eigenvalue weighted by atomic mass is 10.3. The van der Waals surface area contributed by atoms with Gasteiger partial charge in [0.05, 0.1) is 6.54 Å². The van der Waals surface area contributed by atoms with Crippen LogP contribution in [0.25, 0.3) is 0 Å². The van der Waals surface area contributed by atoms with Crippen LogP contribution >= 0.6 is 0 Å². The molecule has 1 aliphatic rings. The van der Waals surface area contributed by atoms with Crippen molar-refractivity contribution in [3.63, 3.8) is 0 Å². The second-order valence-corrected chi connectivity index (χ2v) is 5.68. The number of hydrogen-bond acceptors (Lipinski definition) is 7. The summed E-state index contributed by atoms with van der Waals surface area (Å²) in [5.74, 6) is 1.33. The fourth-order valence-corrected chi connectivity index (χ4v) is 2.63. The van der Waals surface area contributed by atoms with Gasteiger partial charge in [-0.25, -0.2) is 4.98 Å². The van der Waals surface area contributed by atoms with Crippen LogP contribution in [0.3, 0.4) is 0 Å². The van der Waals surface area contributed by atoms with Crippen molar-refractivity contribution in [1.82, 2.24) is 20.0 Å². The normalized spacial score (nSPS) is 16.4. The molecule has 0 radical (unpaired) electrons. The molecule has 0 aromatic carbocycles. The van der Waals surface area contributed by atoms with E-state index in [1.807, 2.05) is 4.90 Å². The Morgan fingerprint density at radius 3 is 2.60 bits per heavy atom. The molecule has 10 heteroatoms. The van der Waals surface area contributed by atoms with Crippen LogP contribution in [-0.4, -0.2) is 53.3 Å². The summed E-state index contributed by atoms with van der Waals surface area (Å²) in [6, 6.07) is 3.96. The summed E-state index contributed by atoms with van der Waals surface area (Å²) >= 11 is 0. The van der Waals surface area contributed by atoms with Gasteiger partial charge in [0.2, 0.25) is 5.89 Å². The third-order valence-corrected chi connectivity index (χ3v) is 3.86. The van der Waals surface area contributed by atoms with E-state index in [0.29, 0.717) is 56.9 Å². The summed E-state index contributed by atoms with van der Waals surface area (Å²) in [4.78, 5) is 11.9. The number of hydrogen-bond donors (Lipinski definition) is 0. The molecule has 0 saturated carbocycles. The standard InChI is InChI=1S/C15H18F3N5O2/c1-24-10-12-20-14(25-21-12)9-22-5-7-23(8-6-22)13-4-2-3-11(19-13)15(16,17)18/h2-4H,5-10H2,1H3. The largest absolute Gasteiger partial charge is 0.433 e. The zero-order chi connectivity index (χ0) is 17.9. The number of rotatable bonds is 5. The minimum absolute atomic E-state index is 0.290. The number of piperazine rings is 1. The number of nitrogens with zero attached hydrogens (tertiary/aromatic N) is 5. The molecule has 2 aromatic heterocycles. The predicted molar refractivity (Wildman–Crippen MR) is 81.7 cm³/mol. The maximum Gasteiger partial charge on any atom is 0.433 e. The van der Waals surface area contributed by atoms with Gasteiger partial charge in [-0.1, -0.05) is 11.2 Å². The molecule has 1 aliphatic heterocycles. The van der Waals surface area contributed by atoms with E-state index in [0.717, 1.165) is 6.07 Å². The van der Waals surface area contributed by atoms with Crippen molar-refractivity contribution in [1.29, 1.82) is 0 Å². The fourth-order valence-electron chi connectivity index (χ4n) is 2.63. The van der Waals surface area contributed by atoms with Crippen LogP contribution in [-0.2, 0) is 24.1 Å². The number of anilines is 1. The van der Waals surface area contributed by atoms with Crippen LogP contribution in [0.2, 0.25) is 0 Å². The highest BCUT2D eigenvalue weighted by Crippen LogP contribution is 2.29. The van der Waals surface area contributed by atoms with Crippen molar-refractivity contribution in [2.45, 2.75) is 19.3 Å². The van der Waals surface area contributed by atoms with E-state index in [2.05, 4.69) is 20.0 Å². The first-order chi connectivity index (χ1) is 12.0. The Morgan fingerprint density at radius 2 is 1.92 bits per heavy atom. The molecule has 0 atom stereocenters. The van der Waals surface area contributed by atoms with Gasteiger partial charge >= 0.3 is 6.18 Å². The van der Waals surface area contributed by atoms with Crippen LogP contribution in [0.5, 0.6) is 0 Å². The first-order valence-electron chi connectivity index (χ1n) is 7.77. The zero-order valence-corrected chi connectivity index (χ0v) is 13.7. The summed E-state index contributed by atoms with van der Waals surface area (Å²) in [6.07, 6.45) is -4.43. The summed E-state index contributed by atoms with van der Waals surface area (Å²) in [5.41, 5.74) is -0.871. The van der Waals surface area contributed by atoms with Gasteiger partial charge in [-0.15, -0.1) is 0 Å². The highest BCUT2D eigenvalue weighted by atomic mass is 19.4. The lowest BCUT2D eigenvalue weighted by molar-refractivity contribution is -0.141. The minimum Gasteiger partial charge on any atom is -0.377 e. The van der Waals surface area contributed by atoms with Gasteiger partial charge in [0.25, 0.3) is 0 Å². The zero-order valence-electron chi connectivity index (χ0n) is 13.7. The number of pyridine rings is 1. The fraction of sp³-hybridized carbons (Fsp3) is 0.533. The quantitative estimate of drug-likeness (QED) is 0.810. The summed E-state index contributed by atoms with van der Waals surface area (Å²) in [6.45, 7) is 3.28. The van der Waals surface area contributed by atoms with E-state index in [-0.39, 0.29) is 0 Å². The molecule has 3 rings (SSSR count). The lowest BCUT2D eigenvalue weighted by Gasteiger charge is -2.34. The lowest BCUT2D eigenvalue weighted by Crippen LogP contribution is -2.46. The highest BCUT2D eigenvalue weighted by molar-refractivity contribution is 5.40. The Hall–Kier alpha value is -2.20. The van der Waals surface area contributed by atoms with E-state index in [4.69, 9.17) is 9.26 Å². The van der Waals surface area contributed by atoms with Crippen molar-refractivity contribution < 1.29 is 22.4 Å². The second-order valence-electron chi connectivity index (χ2n) is 5.68. The second kappa shape index (κ2) is 7.36. The predicted octanol–water partition coefficient (Wildman–Crippen LogP) is 1.95. The molecule has 136 valence electrons. The Morgan fingerprint density at radius 1 is 1.16 bits per heavy atom. The monoisotopic (exact) mass is 357 g/mol. The third kappa shape index (κ3) is 4.45. The SMILES string of the molecule is COCc1noc(CN2CCN(c3cccc(C(F)(F)F)n3)CC2)n1. The smallest absolute Gasteiger partial charge is 0.377 e. The number of alkyl halides is 3. The van der Waals surface area contributed by atoms with Crippen molar-refractivity contribution >= 4 is 5.82 Å². The number of ether oxygens (including phenoxy) is 1. The summed E-state index contributed by atoms with van der Waals surface area (Å²) < 4.78 is 48.4. The van der Waals surface area contributed by atoms with Crippen LogP contribution in [0, 0.1) is 0 Å². The van der Waals surface area contributed by atoms with Gasteiger partial charge in [0, 0.05) is 33.3 Å². The van der Waals surface area contributed by atoms with Crippen LogP contribution in [0.15, 0.2) is 22.7 Å². The molecule has 0 spiro atoms. The highest BCUT2D eigenvalue weighted by Gasteiger charge is 2.33. The first-order valence-corrected chi connectivity index (χ1v) is 7.77. The number of halogens is 3. The van der Waals surface area contributed by atoms with E-state index >= 15 is 0 Å². The average Bonchev–Trinajstić information content (AvgIpc) is 3.02. The Bertz CT molecular complexity index is 698. The van der Waals surface area contributed by atoms with Crippen LogP contribution < -0.4 is 4.90 Å². The molecule has 0 unspecified atom stereocenters. The molecular formula is C15H18F3N5O2. The van der Waals surface area contributed by atoms with Gasteiger partial charge in [0.15, 0.2) is 5.82 Å². The molecule has 25 heavy (non-hydrogen) atoms. The molecule has 7 nitrogen and oxygen atoms in total. The van der Waals surface area contributed by atoms with Gasteiger partial charge in [-0.3, -0.25) is 4.90 Å². The maximum atomic E-state index is 12.8. The Kier molecular flexibility index (Phi) is 5.19. The molecule has 0 N–H and O–H groups in total. The van der Waals surface area contributed by atoms with Gasteiger partial charge in [-0.05, 0) is 12.1 Å². The molecule has 1 saturated heterocycles. The number of aromatic nitrogens is 3.